The van der Waals surface area contributed by atoms with Gasteiger partial charge in [-0.3, -0.25) is 0 Å². The third-order valence-corrected chi connectivity index (χ3v) is 2.38. The number of carbonyl (C=O) groups excluding carboxylic acids is 1. The first kappa shape index (κ1) is 13.3. The largest absolute Gasteiger partial charge is 0.465 e. The fraction of sp³-hybridized carbons (Fsp3) is 0.417. The monoisotopic (exact) mass is 238 g/mol. The van der Waals surface area contributed by atoms with Crippen LogP contribution in [0, 0.1) is 0 Å². The van der Waals surface area contributed by atoms with Crippen LogP contribution in [-0.2, 0) is 4.74 Å². The first-order chi connectivity index (χ1) is 7.95. The van der Waals surface area contributed by atoms with Crippen molar-refractivity contribution < 1.29 is 14.6 Å². The van der Waals surface area contributed by atoms with Gasteiger partial charge in [0.15, 0.2) is 0 Å². The van der Waals surface area contributed by atoms with E-state index in [1.807, 2.05) is 0 Å². The minimum atomic E-state index is -0.483. The lowest BCUT2D eigenvalue weighted by molar-refractivity contribution is 0.0601. The van der Waals surface area contributed by atoms with E-state index in [-0.39, 0.29) is 0 Å². The second kappa shape index (κ2) is 5.54. The molecule has 0 amide bonds. The van der Waals surface area contributed by atoms with Gasteiger partial charge in [-0.2, -0.15) is 0 Å². The number of nitrogen functional groups attached to an aromatic ring is 1. The molecule has 0 bridgehead atoms. The molecule has 1 aromatic rings. The number of carbonyl (C=O) groups is 1. The second-order valence-corrected chi connectivity index (χ2v) is 4.00. The Morgan fingerprint density at radius 2 is 2.24 bits per heavy atom. The molecule has 1 atom stereocenters. The molecule has 5 heteroatoms. The van der Waals surface area contributed by atoms with Crippen molar-refractivity contribution in [2.45, 2.75) is 13.0 Å². The first-order valence-electron chi connectivity index (χ1n) is 5.32. The fourth-order valence-corrected chi connectivity index (χ4v) is 1.65. The molecule has 0 heterocycles. The van der Waals surface area contributed by atoms with Crippen LogP contribution in [0.1, 0.15) is 17.3 Å². The molecule has 0 saturated carbocycles. The van der Waals surface area contributed by atoms with Crippen LogP contribution >= 0.6 is 0 Å². The summed E-state index contributed by atoms with van der Waals surface area (Å²) in [6, 6.07) is 5.02. The minimum absolute atomic E-state index is 0.399. The smallest absolute Gasteiger partial charge is 0.340 e. The quantitative estimate of drug-likeness (QED) is 0.601. The van der Waals surface area contributed by atoms with Gasteiger partial charge in [0, 0.05) is 19.3 Å². The predicted octanol–water partition coefficient (Wildman–Crippen LogP) is 0.872. The van der Waals surface area contributed by atoms with Gasteiger partial charge in [-0.1, -0.05) is 0 Å². The molecule has 0 aliphatic carbocycles. The van der Waals surface area contributed by atoms with Gasteiger partial charge in [0.2, 0.25) is 0 Å². The number of methoxy groups -OCH3 is 1. The normalized spacial score (nSPS) is 12.0. The number of rotatable bonds is 4. The number of esters is 1. The van der Waals surface area contributed by atoms with Gasteiger partial charge in [0.05, 0.1) is 24.5 Å². The third kappa shape index (κ3) is 3.35. The van der Waals surface area contributed by atoms with Gasteiger partial charge in [-0.05, 0) is 25.1 Å². The number of hydrogen-bond acceptors (Lipinski definition) is 5. The fourth-order valence-electron chi connectivity index (χ4n) is 1.65. The lowest BCUT2D eigenvalue weighted by Gasteiger charge is -2.23. The van der Waals surface area contributed by atoms with Crippen molar-refractivity contribution in [3.8, 4) is 0 Å². The van der Waals surface area contributed by atoms with Crippen molar-refractivity contribution >= 4 is 17.3 Å². The molecule has 0 aliphatic rings. The zero-order valence-corrected chi connectivity index (χ0v) is 10.3. The Balaban J connectivity index is 3.09. The maximum absolute atomic E-state index is 11.6. The molecule has 94 valence electrons. The van der Waals surface area contributed by atoms with Crippen LogP contribution in [0.5, 0.6) is 0 Å². The molecule has 0 radical (unpaired) electrons. The molecule has 0 spiro atoms. The Kier molecular flexibility index (Phi) is 4.34. The van der Waals surface area contributed by atoms with Crippen LogP contribution in [0.2, 0.25) is 0 Å². The van der Waals surface area contributed by atoms with Crippen molar-refractivity contribution in [1.82, 2.24) is 0 Å². The van der Waals surface area contributed by atoms with Crippen molar-refractivity contribution in [3.05, 3.63) is 23.8 Å². The number of nitrogens with two attached hydrogens (primary N) is 1. The molecule has 3 N–H and O–H groups in total. The lowest BCUT2D eigenvalue weighted by Crippen LogP contribution is -2.28. The summed E-state index contributed by atoms with van der Waals surface area (Å²) in [5.41, 5.74) is 7.23. The first-order valence-corrected chi connectivity index (χ1v) is 5.32. The van der Waals surface area contributed by atoms with Crippen LogP contribution in [0.3, 0.4) is 0 Å². The Bertz CT molecular complexity index is 405. The van der Waals surface area contributed by atoms with E-state index >= 15 is 0 Å². The van der Waals surface area contributed by atoms with E-state index in [0.29, 0.717) is 23.5 Å². The Morgan fingerprint density at radius 1 is 1.59 bits per heavy atom. The SMILES string of the molecule is COC(=O)c1cc(N)ccc1N(C)CC(C)O. The van der Waals surface area contributed by atoms with Gasteiger partial charge < -0.3 is 20.5 Å². The van der Waals surface area contributed by atoms with Crippen LogP contribution in [-0.4, -0.2) is 37.9 Å². The van der Waals surface area contributed by atoms with Crippen molar-refractivity contribution in [2.24, 2.45) is 0 Å². The average molecular weight is 238 g/mol. The van der Waals surface area contributed by atoms with Crippen molar-refractivity contribution in [2.75, 3.05) is 31.3 Å². The predicted molar refractivity (Wildman–Crippen MR) is 67.1 cm³/mol. The average Bonchev–Trinajstić information content (AvgIpc) is 2.26. The van der Waals surface area contributed by atoms with E-state index < -0.39 is 12.1 Å². The Hall–Kier alpha value is -1.75. The van der Waals surface area contributed by atoms with Gasteiger partial charge in [-0.25, -0.2) is 4.79 Å². The molecule has 17 heavy (non-hydrogen) atoms. The van der Waals surface area contributed by atoms with Crippen LogP contribution in [0.4, 0.5) is 11.4 Å². The number of aliphatic hydroxyl groups is 1. The number of anilines is 2. The van der Waals surface area contributed by atoms with Gasteiger partial charge in [0.1, 0.15) is 0 Å². The number of ether oxygens (including phenoxy) is 1. The molecule has 1 unspecified atom stereocenters. The number of aliphatic hydroxyl groups excluding tert-OH is 1. The van der Waals surface area contributed by atoms with Crippen molar-refractivity contribution in [1.29, 1.82) is 0 Å². The van der Waals surface area contributed by atoms with Crippen LogP contribution < -0.4 is 10.6 Å². The highest BCUT2D eigenvalue weighted by Gasteiger charge is 2.16. The summed E-state index contributed by atoms with van der Waals surface area (Å²) >= 11 is 0. The van der Waals surface area contributed by atoms with Gasteiger partial charge >= 0.3 is 5.97 Å². The lowest BCUT2D eigenvalue weighted by atomic mass is 10.1. The summed E-state index contributed by atoms with van der Waals surface area (Å²) in [4.78, 5) is 13.4. The number of nitrogens with zero attached hydrogens (tertiary/aromatic N) is 1. The zero-order valence-electron chi connectivity index (χ0n) is 10.3. The molecule has 0 aromatic heterocycles. The minimum Gasteiger partial charge on any atom is -0.465 e. The van der Waals surface area contributed by atoms with E-state index in [4.69, 9.17) is 10.5 Å². The third-order valence-electron chi connectivity index (χ3n) is 2.38. The molecular formula is C12H18N2O3. The standard InChI is InChI=1S/C12H18N2O3/c1-8(15)7-14(2)11-5-4-9(13)6-10(11)12(16)17-3/h4-6,8,15H,7,13H2,1-3H3. The number of benzene rings is 1. The maximum atomic E-state index is 11.6. The highest BCUT2D eigenvalue weighted by Crippen LogP contribution is 2.23. The number of hydrogen-bond donors (Lipinski definition) is 2. The Morgan fingerprint density at radius 3 is 2.76 bits per heavy atom. The van der Waals surface area contributed by atoms with E-state index in [2.05, 4.69) is 0 Å². The molecule has 1 rings (SSSR count). The molecule has 5 nitrogen and oxygen atoms in total. The highest BCUT2D eigenvalue weighted by atomic mass is 16.5. The second-order valence-electron chi connectivity index (χ2n) is 4.00. The molecule has 0 aliphatic heterocycles. The number of likely N-dealkylation sites (N-methyl/N-ethyl adjacent to an activating group) is 1. The van der Waals surface area contributed by atoms with Gasteiger partial charge in [0.25, 0.3) is 0 Å². The summed E-state index contributed by atoms with van der Waals surface area (Å²) in [5, 5.41) is 9.34. The van der Waals surface area contributed by atoms with E-state index in [1.54, 1.807) is 37.1 Å². The van der Waals surface area contributed by atoms with E-state index in [1.165, 1.54) is 7.11 Å². The summed E-state index contributed by atoms with van der Waals surface area (Å²) in [6.45, 7) is 2.11. The summed E-state index contributed by atoms with van der Waals surface area (Å²) in [6.07, 6.45) is -0.483. The maximum Gasteiger partial charge on any atom is 0.340 e. The van der Waals surface area contributed by atoms with Crippen LogP contribution in [0.15, 0.2) is 18.2 Å². The van der Waals surface area contributed by atoms with Crippen molar-refractivity contribution in [3.63, 3.8) is 0 Å². The summed E-state index contributed by atoms with van der Waals surface area (Å²) in [5.74, 6) is -0.440. The molecule has 1 aromatic carbocycles. The molecular weight excluding hydrogens is 220 g/mol. The van der Waals surface area contributed by atoms with E-state index in [9.17, 15) is 9.90 Å². The molecule has 0 fully saturated rings. The highest BCUT2D eigenvalue weighted by molar-refractivity contribution is 5.96. The topological polar surface area (TPSA) is 75.8 Å². The van der Waals surface area contributed by atoms with Crippen LogP contribution in [0.25, 0.3) is 0 Å². The van der Waals surface area contributed by atoms with Gasteiger partial charge in [-0.15, -0.1) is 0 Å². The molecule has 0 saturated heterocycles. The van der Waals surface area contributed by atoms with E-state index in [0.717, 1.165) is 0 Å². The summed E-state index contributed by atoms with van der Waals surface area (Å²) < 4.78 is 4.70. The Labute approximate surface area is 101 Å². The summed E-state index contributed by atoms with van der Waals surface area (Å²) in [7, 11) is 3.12. The zero-order chi connectivity index (χ0) is 13.0.